The number of nitrogens with zero attached hydrogens (tertiary/aromatic N) is 2. The predicted octanol–water partition coefficient (Wildman–Crippen LogP) is 1.14. The van der Waals surface area contributed by atoms with Crippen molar-refractivity contribution in [2.75, 3.05) is 19.0 Å². The van der Waals surface area contributed by atoms with Gasteiger partial charge in [0, 0.05) is 19.8 Å². The number of hydrogen-bond acceptors (Lipinski definition) is 3. The number of rotatable bonds is 3. The van der Waals surface area contributed by atoms with Crippen molar-refractivity contribution in [3.8, 4) is 0 Å². The summed E-state index contributed by atoms with van der Waals surface area (Å²) in [4.78, 5) is 12.5. The van der Waals surface area contributed by atoms with E-state index >= 15 is 0 Å². The summed E-state index contributed by atoms with van der Waals surface area (Å²) in [5.74, 6) is 0. The zero-order valence-corrected chi connectivity index (χ0v) is 9.69. The first-order valence-corrected chi connectivity index (χ1v) is 4.88. The minimum absolute atomic E-state index is 0.663. The normalized spacial score (nSPS) is 11.1. The third-order valence-corrected chi connectivity index (χ3v) is 2.14. The molecule has 0 spiro atoms. The molecule has 1 aromatic rings. The number of anilines is 1. The highest BCUT2D eigenvalue weighted by Crippen LogP contribution is 2.12. The SMILES string of the molecule is C/C(=N\NC(N)=O)c1ccc(N(C)C)cc1. The summed E-state index contributed by atoms with van der Waals surface area (Å²) in [7, 11) is 3.95. The van der Waals surface area contributed by atoms with Crippen LogP contribution >= 0.6 is 0 Å². The molecule has 5 nitrogen and oxygen atoms in total. The summed E-state index contributed by atoms with van der Waals surface area (Å²) in [6.45, 7) is 1.81. The molecule has 0 fully saturated rings. The van der Waals surface area contributed by atoms with E-state index in [0.717, 1.165) is 11.3 Å². The van der Waals surface area contributed by atoms with Gasteiger partial charge in [0.05, 0.1) is 5.71 Å². The molecule has 1 rings (SSSR count). The second-order valence-electron chi connectivity index (χ2n) is 3.61. The lowest BCUT2D eigenvalue weighted by Gasteiger charge is -2.12. The number of primary amides is 1. The Labute approximate surface area is 94.9 Å². The highest BCUT2D eigenvalue weighted by molar-refractivity contribution is 5.99. The Morgan fingerprint density at radius 1 is 1.31 bits per heavy atom. The van der Waals surface area contributed by atoms with Crippen molar-refractivity contribution in [2.45, 2.75) is 6.92 Å². The van der Waals surface area contributed by atoms with Crippen molar-refractivity contribution >= 4 is 17.4 Å². The van der Waals surface area contributed by atoms with Crippen LogP contribution in [-0.4, -0.2) is 25.8 Å². The van der Waals surface area contributed by atoms with Crippen molar-refractivity contribution in [3.05, 3.63) is 29.8 Å². The number of nitrogens with one attached hydrogen (secondary N) is 1. The van der Waals surface area contributed by atoms with Crippen LogP contribution in [0.3, 0.4) is 0 Å². The Morgan fingerprint density at radius 2 is 1.88 bits per heavy atom. The van der Waals surface area contributed by atoms with Crippen LogP contribution < -0.4 is 16.1 Å². The fraction of sp³-hybridized carbons (Fsp3) is 0.273. The molecule has 0 saturated heterocycles. The maximum absolute atomic E-state index is 10.5. The highest BCUT2D eigenvalue weighted by Gasteiger charge is 1.99. The highest BCUT2D eigenvalue weighted by atomic mass is 16.2. The van der Waals surface area contributed by atoms with Crippen molar-refractivity contribution in [1.29, 1.82) is 0 Å². The number of carbonyl (C=O) groups excluding carboxylic acids is 1. The van der Waals surface area contributed by atoms with Gasteiger partial charge in [-0.05, 0) is 24.6 Å². The van der Waals surface area contributed by atoms with E-state index in [9.17, 15) is 4.79 Å². The average molecular weight is 220 g/mol. The molecule has 86 valence electrons. The smallest absolute Gasteiger partial charge is 0.332 e. The molecule has 0 aliphatic rings. The topological polar surface area (TPSA) is 70.7 Å². The van der Waals surface area contributed by atoms with Crippen LogP contribution in [0.2, 0.25) is 0 Å². The second-order valence-corrected chi connectivity index (χ2v) is 3.61. The monoisotopic (exact) mass is 220 g/mol. The molecule has 0 saturated carbocycles. The fourth-order valence-electron chi connectivity index (χ4n) is 1.20. The molecule has 0 aliphatic heterocycles. The van der Waals surface area contributed by atoms with Gasteiger partial charge in [-0.1, -0.05) is 12.1 Å². The summed E-state index contributed by atoms with van der Waals surface area (Å²) in [6.07, 6.45) is 0. The first kappa shape index (κ1) is 12.0. The molecule has 0 aromatic heterocycles. The van der Waals surface area contributed by atoms with Gasteiger partial charge in [-0.15, -0.1) is 0 Å². The largest absolute Gasteiger partial charge is 0.378 e. The summed E-state index contributed by atoms with van der Waals surface area (Å²) in [5, 5.41) is 3.85. The van der Waals surface area contributed by atoms with Gasteiger partial charge in [-0.2, -0.15) is 5.10 Å². The molecular formula is C11H16N4O. The van der Waals surface area contributed by atoms with Crippen molar-refractivity contribution in [3.63, 3.8) is 0 Å². The van der Waals surface area contributed by atoms with Gasteiger partial charge < -0.3 is 10.6 Å². The van der Waals surface area contributed by atoms with Crippen molar-refractivity contribution in [2.24, 2.45) is 10.8 Å². The van der Waals surface area contributed by atoms with E-state index in [1.807, 2.05) is 43.3 Å². The lowest BCUT2D eigenvalue weighted by Crippen LogP contribution is -2.25. The van der Waals surface area contributed by atoms with Gasteiger partial charge in [0.15, 0.2) is 0 Å². The maximum atomic E-state index is 10.5. The van der Waals surface area contributed by atoms with Crippen LogP contribution in [0.1, 0.15) is 12.5 Å². The first-order chi connectivity index (χ1) is 7.50. The number of carbonyl (C=O) groups is 1. The third-order valence-electron chi connectivity index (χ3n) is 2.14. The number of hydrazone groups is 1. The molecule has 2 amide bonds. The van der Waals surface area contributed by atoms with E-state index in [1.54, 1.807) is 6.92 Å². The standard InChI is InChI=1S/C11H16N4O/c1-8(13-14-11(12)16)9-4-6-10(7-5-9)15(2)3/h4-7H,1-3H3,(H3,12,14,16)/b13-8+. The molecule has 3 N–H and O–H groups in total. The van der Waals surface area contributed by atoms with Crippen molar-refractivity contribution < 1.29 is 4.79 Å². The lowest BCUT2D eigenvalue weighted by molar-refractivity contribution is 0.249. The molecule has 5 heteroatoms. The zero-order chi connectivity index (χ0) is 12.1. The Hall–Kier alpha value is -2.04. The van der Waals surface area contributed by atoms with Crippen LogP contribution in [0.5, 0.6) is 0 Å². The molecule has 16 heavy (non-hydrogen) atoms. The molecule has 0 bridgehead atoms. The minimum Gasteiger partial charge on any atom is -0.378 e. The van der Waals surface area contributed by atoms with Crippen LogP contribution in [-0.2, 0) is 0 Å². The number of benzene rings is 1. The van der Waals surface area contributed by atoms with Crippen LogP contribution in [0, 0.1) is 0 Å². The molecule has 1 aromatic carbocycles. The van der Waals surface area contributed by atoms with Crippen LogP contribution in [0.4, 0.5) is 10.5 Å². The number of urea groups is 1. The molecule has 0 heterocycles. The third kappa shape index (κ3) is 3.27. The maximum Gasteiger partial charge on any atom is 0.332 e. The Bertz CT molecular complexity index is 395. The Kier molecular flexibility index (Phi) is 3.88. The van der Waals surface area contributed by atoms with Crippen molar-refractivity contribution in [1.82, 2.24) is 5.43 Å². The van der Waals surface area contributed by atoms with Gasteiger partial charge in [0.25, 0.3) is 0 Å². The van der Waals surface area contributed by atoms with Gasteiger partial charge in [-0.3, -0.25) is 0 Å². The molecule has 0 atom stereocenters. The number of nitrogens with two attached hydrogens (primary N) is 1. The van der Waals surface area contributed by atoms with E-state index in [0.29, 0.717) is 5.71 Å². The summed E-state index contributed by atoms with van der Waals surface area (Å²) >= 11 is 0. The van der Waals surface area contributed by atoms with Gasteiger partial charge in [0.2, 0.25) is 0 Å². The Balaban J connectivity index is 2.81. The molecule has 0 aliphatic carbocycles. The van der Waals surface area contributed by atoms with Gasteiger partial charge in [-0.25, -0.2) is 10.2 Å². The fourth-order valence-corrected chi connectivity index (χ4v) is 1.20. The number of amides is 2. The number of hydrogen-bond donors (Lipinski definition) is 2. The molecular weight excluding hydrogens is 204 g/mol. The summed E-state index contributed by atoms with van der Waals surface area (Å²) < 4.78 is 0. The average Bonchev–Trinajstić information content (AvgIpc) is 2.26. The van der Waals surface area contributed by atoms with E-state index in [2.05, 4.69) is 10.5 Å². The zero-order valence-electron chi connectivity index (χ0n) is 9.69. The minimum atomic E-state index is -0.663. The van der Waals surface area contributed by atoms with E-state index in [-0.39, 0.29) is 0 Å². The quantitative estimate of drug-likeness (QED) is 0.592. The predicted molar refractivity (Wildman–Crippen MR) is 65.7 cm³/mol. The van der Waals surface area contributed by atoms with E-state index in [4.69, 9.17) is 5.73 Å². The molecule has 0 unspecified atom stereocenters. The van der Waals surface area contributed by atoms with Gasteiger partial charge in [0.1, 0.15) is 0 Å². The summed E-state index contributed by atoms with van der Waals surface area (Å²) in [5.41, 5.74) is 9.88. The second kappa shape index (κ2) is 5.16. The van der Waals surface area contributed by atoms with Crippen LogP contribution in [0.15, 0.2) is 29.4 Å². The lowest BCUT2D eigenvalue weighted by atomic mass is 10.1. The molecule has 0 radical (unpaired) electrons. The first-order valence-electron chi connectivity index (χ1n) is 4.88. The van der Waals surface area contributed by atoms with E-state index < -0.39 is 6.03 Å². The Morgan fingerprint density at radius 3 is 2.31 bits per heavy atom. The van der Waals surface area contributed by atoms with E-state index in [1.165, 1.54) is 0 Å². The van der Waals surface area contributed by atoms with Crippen LogP contribution in [0.25, 0.3) is 0 Å². The van der Waals surface area contributed by atoms with Gasteiger partial charge >= 0.3 is 6.03 Å². The summed E-state index contributed by atoms with van der Waals surface area (Å²) in [6, 6.07) is 7.19.